The van der Waals surface area contributed by atoms with Gasteiger partial charge in [-0.25, -0.2) is 15.0 Å². The number of amides is 1. The molecule has 9 heteroatoms. The van der Waals surface area contributed by atoms with Gasteiger partial charge in [0.2, 0.25) is 5.91 Å². The lowest BCUT2D eigenvalue weighted by molar-refractivity contribution is -0.117. The largest absolute Gasteiger partial charge is 0.380 e. The zero-order chi connectivity index (χ0) is 19.3. The Morgan fingerprint density at radius 2 is 2.18 bits per heavy atom. The van der Waals surface area contributed by atoms with Crippen LogP contribution in [-0.4, -0.2) is 56.9 Å². The molecule has 9 nitrogen and oxygen atoms in total. The van der Waals surface area contributed by atoms with Crippen LogP contribution >= 0.6 is 0 Å². The molecule has 142 valence electrons. The molecule has 0 aliphatic carbocycles. The molecule has 0 saturated carbocycles. The third kappa shape index (κ3) is 2.63. The molecule has 0 spiro atoms. The molecule has 5 rings (SSSR count). The SMILES string of the molecule is COC1C[C@H]2C(=O)Nc3ncc(-c4ccc(-c5ncn[nH]5)cc4C)nc3N2C1. The fourth-order valence-corrected chi connectivity index (χ4v) is 3.89. The van der Waals surface area contributed by atoms with E-state index in [9.17, 15) is 4.79 Å². The van der Waals surface area contributed by atoms with E-state index in [1.54, 1.807) is 13.3 Å². The highest BCUT2D eigenvalue weighted by Gasteiger charge is 2.42. The van der Waals surface area contributed by atoms with Crippen LogP contribution in [0.4, 0.5) is 11.6 Å². The minimum absolute atomic E-state index is 0.00933. The lowest BCUT2D eigenvalue weighted by Gasteiger charge is -2.30. The maximum absolute atomic E-state index is 12.4. The molecule has 1 fully saturated rings. The second kappa shape index (κ2) is 6.38. The second-order valence-electron chi connectivity index (χ2n) is 7.04. The van der Waals surface area contributed by atoms with E-state index in [4.69, 9.17) is 9.72 Å². The fourth-order valence-electron chi connectivity index (χ4n) is 3.89. The van der Waals surface area contributed by atoms with E-state index >= 15 is 0 Å². The summed E-state index contributed by atoms with van der Waals surface area (Å²) in [6.45, 7) is 2.65. The smallest absolute Gasteiger partial charge is 0.248 e. The number of methoxy groups -OCH3 is 1. The molecule has 1 saturated heterocycles. The molecule has 2 aliphatic heterocycles. The molecular weight excluding hydrogens is 358 g/mol. The number of aromatic amines is 1. The number of anilines is 2. The second-order valence-corrected chi connectivity index (χ2v) is 7.04. The van der Waals surface area contributed by atoms with E-state index in [2.05, 4.69) is 25.5 Å². The zero-order valence-electron chi connectivity index (χ0n) is 15.5. The summed E-state index contributed by atoms with van der Waals surface area (Å²) in [7, 11) is 1.67. The molecule has 1 amide bonds. The number of fused-ring (bicyclic) bond motifs is 3. The summed E-state index contributed by atoms with van der Waals surface area (Å²) in [5.41, 5.74) is 3.75. The van der Waals surface area contributed by atoms with Crippen LogP contribution in [-0.2, 0) is 9.53 Å². The van der Waals surface area contributed by atoms with E-state index in [1.807, 2.05) is 30.0 Å². The predicted molar refractivity (Wildman–Crippen MR) is 103 cm³/mol. The number of aryl methyl sites for hydroxylation is 1. The minimum atomic E-state index is -0.267. The van der Waals surface area contributed by atoms with Gasteiger partial charge < -0.3 is 15.0 Å². The number of benzene rings is 1. The molecule has 1 aromatic carbocycles. The molecule has 2 atom stereocenters. The molecule has 1 unspecified atom stereocenters. The molecule has 4 heterocycles. The highest BCUT2D eigenvalue weighted by atomic mass is 16.5. The molecule has 0 bridgehead atoms. The van der Waals surface area contributed by atoms with Crippen molar-refractivity contribution in [1.82, 2.24) is 25.1 Å². The average Bonchev–Trinajstić information content (AvgIpc) is 3.38. The summed E-state index contributed by atoms with van der Waals surface area (Å²) < 4.78 is 5.47. The van der Waals surface area contributed by atoms with E-state index in [0.717, 1.165) is 28.2 Å². The number of carbonyl (C=O) groups excluding carboxylic acids is 1. The topological polar surface area (TPSA) is 109 Å². The molecule has 2 aliphatic rings. The van der Waals surface area contributed by atoms with Gasteiger partial charge in [-0.1, -0.05) is 12.1 Å². The van der Waals surface area contributed by atoms with Crippen molar-refractivity contribution in [3.63, 3.8) is 0 Å². The van der Waals surface area contributed by atoms with Crippen molar-refractivity contribution in [3.05, 3.63) is 36.3 Å². The molecular formula is C19H19N7O2. The third-order valence-electron chi connectivity index (χ3n) is 5.36. The van der Waals surface area contributed by atoms with E-state index < -0.39 is 0 Å². The first-order valence-corrected chi connectivity index (χ1v) is 9.08. The van der Waals surface area contributed by atoms with Gasteiger partial charge in [-0.05, 0) is 18.6 Å². The maximum Gasteiger partial charge on any atom is 0.248 e. The number of nitrogens with one attached hydrogen (secondary N) is 2. The Hall–Kier alpha value is -3.33. The van der Waals surface area contributed by atoms with Crippen LogP contribution in [0.1, 0.15) is 12.0 Å². The highest BCUT2D eigenvalue weighted by Crippen LogP contribution is 2.36. The lowest BCUT2D eigenvalue weighted by atomic mass is 10.0. The Morgan fingerprint density at radius 3 is 2.93 bits per heavy atom. The number of hydrogen-bond donors (Lipinski definition) is 2. The van der Waals surface area contributed by atoms with Crippen LogP contribution in [0.3, 0.4) is 0 Å². The standard InChI is InChI=1S/C19H19N7O2/c1-10-5-11(16-21-9-22-25-16)3-4-13(10)14-7-20-17-18(23-14)26-8-12(28-2)6-15(26)19(27)24-17/h3-5,7,9,12,15H,6,8H2,1-2H3,(H,20,24,27)(H,21,22,25)/t12?,15-/m0/s1. The van der Waals surface area contributed by atoms with Gasteiger partial charge >= 0.3 is 0 Å². The average molecular weight is 377 g/mol. The first-order chi connectivity index (χ1) is 13.6. The van der Waals surface area contributed by atoms with E-state index in [-0.39, 0.29) is 18.1 Å². The summed E-state index contributed by atoms with van der Waals surface area (Å²) >= 11 is 0. The van der Waals surface area contributed by atoms with Gasteiger partial charge in [0.15, 0.2) is 17.5 Å². The Morgan fingerprint density at radius 1 is 1.29 bits per heavy atom. The van der Waals surface area contributed by atoms with Crippen molar-refractivity contribution in [2.75, 3.05) is 23.9 Å². The molecule has 0 radical (unpaired) electrons. The van der Waals surface area contributed by atoms with Gasteiger partial charge in [-0.15, -0.1) is 0 Å². The van der Waals surface area contributed by atoms with Gasteiger partial charge in [0, 0.05) is 31.2 Å². The quantitative estimate of drug-likeness (QED) is 0.716. The Labute approximate surface area is 161 Å². The highest BCUT2D eigenvalue weighted by molar-refractivity contribution is 6.02. The first kappa shape index (κ1) is 16.8. The summed E-state index contributed by atoms with van der Waals surface area (Å²) in [6.07, 6.45) is 3.84. The van der Waals surface area contributed by atoms with E-state index in [1.165, 1.54) is 6.33 Å². The van der Waals surface area contributed by atoms with Gasteiger partial charge in [0.1, 0.15) is 12.4 Å². The lowest BCUT2D eigenvalue weighted by Crippen LogP contribution is -2.44. The number of carbonyl (C=O) groups is 1. The van der Waals surface area contributed by atoms with Crippen LogP contribution in [0, 0.1) is 6.92 Å². The molecule has 2 aromatic heterocycles. The number of ether oxygens (including phenoxy) is 1. The summed E-state index contributed by atoms with van der Waals surface area (Å²) in [4.78, 5) is 27.9. The normalized spacial score (nSPS) is 20.6. The van der Waals surface area contributed by atoms with Crippen molar-refractivity contribution < 1.29 is 9.53 Å². The zero-order valence-corrected chi connectivity index (χ0v) is 15.5. The maximum atomic E-state index is 12.4. The van der Waals surface area contributed by atoms with Crippen molar-refractivity contribution in [2.24, 2.45) is 0 Å². The van der Waals surface area contributed by atoms with Crippen molar-refractivity contribution >= 4 is 17.5 Å². The fraction of sp³-hybridized carbons (Fsp3) is 0.316. The van der Waals surface area contributed by atoms with Crippen molar-refractivity contribution in [2.45, 2.75) is 25.5 Å². The predicted octanol–water partition coefficient (Wildman–Crippen LogP) is 1.78. The monoisotopic (exact) mass is 377 g/mol. The molecule has 2 N–H and O–H groups in total. The van der Waals surface area contributed by atoms with Gasteiger partial charge in [-0.2, -0.15) is 5.10 Å². The Kier molecular flexibility index (Phi) is 3.83. The van der Waals surface area contributed by atoms with Crippen molar-refractivity contribution in [3.8, 4) is 22.6 Å². The number of rotatable bonds is 3. The Bertz CT molecular complexity index is 1050. The minimum Gasteiger partial charge on any atom is -0.380 e. The van der Waals surface area contributed by atoms with Crippen LogP contribution in [0.15, 0.2) is 30.7 Å². The third-order valence-corrected chi connectivity index (χ3v) is 5.36. The van der Waals surface area contributed by atoms with Gasteiger partial charge in [0.05, 0.1) is 18.0 Å². The summed E-state index contributed by atoms with van der Waals surface area (Å²) in [5.74, 6) is 1.86. The summed E-state index contributed by atoms with van der Waals surface area (Å²) in [5, 5.41) is 9.64. The first-order valence-electron chi connectivity index (χ1n) is 9.08. The van der Waals surface area contributed by atoms with Crippen molar-refractivity contribution in [1.29, 1.82) is 0 Å². The van der Waals surface area contributed by atoms with Gasteiger partial charge in [0.25, 0.3) is 0 Å². The van der Waals surface area contributed by atoms with Crippen LogP contribution in [0.2, 0.25) is 0 Å². The van der Waals surface area contributed by atoms with Crippen LogP contribution in [0.25, 0.3) is 22.6 Å². The molecule has 28 heavy (non-hydrogen) atoms. The van der Waals surface area contributed by atoms with Crippen LogP contribution in [0.5, 0.6) is 0 Å². The Balaban J connectivity index is 1.53. The number of hydrogen-bond acceptors (Lipinski definition) is 7. The number of aromatic nitrogens is 5. The van der Waals surface area contributed by atoms with E-state index in [0.29, 0.717) is 24.6 Å². The summed E-state index contributed by atoms with van der Waals surface area (Å²) in [6, 6.07) is 5.76. The van der Waals surface area contributed by atoms with Gasteiger partial charge in [-0.3, -0.25) is 9.89 Å². The number of nitrogens with zero attached hydrogens (tertiary/aromatic N) is 5. The molecule has 3 aromatic rings. The van der Waals surface area contributed by atoms with Crippen LogP contribution < -0.4 is 10.2 Å². The number of H-pyrrole nitrogens is 1.